The Balaban J connectivity index is 2.34. The molecule has 0 radical (unpaired) electrons. The highest BCUT2D eigenvalue weighted by Crippen LogP contribution is 2.61. The van der Waals surface area contributed by atoms with Crippen LogP contribution < -0.4 is 0 Å². The van der Waals surface area contributed by atoms with Crippen molar-refractivity contribution in [1.29, 1.82) is 0 Å². The van der Waals surface area contributed by atoms with Crippen LogP contribution >= 0.6 is 0 Å². The first kappa shape index (κ1) is 17.5. The predicted molar refractivity (Wildman–Crippen MR) is 91.5 cm³/mol. The summed E-state index contributed by atoms with van der Waals surface area (Å²) in [5, 5.41) is 10.3. The number of carbonyl (C=O) groups excluding carboxylic acids is 1. The molecule has 2 heteroatoms. The first-order chi connectivity index (χ1) is 10.0. The van der Waals surface area contributed by atoms with E-state index < -0.39 is 5.60 Å². The zero-order valence-electron chi connectivity index (χ0n) is 14.9. The van der Waals surface area contributed by atoms with Crippen LogP contribution in [0.2, 0.25) is 0 Å². The van der Waals surface area contributed by atoms with E-state index >= 15 is 0 Å². The molecule has 0 amide bonds. The number of aliphatic hydroxyl groups is 1. The van der Waals surface area contributed by atoms with Crippen molar-refractivity contribution in [3.63, 3.8) is 0 Å². The van der Waals surface area contributed by atoms with Gasteiger partial charge in [-0.3, -0.25) is 4.79 Å². The molecule has 0 aromatic rings. The van der Waals surface area contributed by atoms with Gasteiger partial charge in [0.1, 0.15) is 0 Å². The van der Waals surface area contributed by atoms with Crippen molar-refractivity contribution in [2.45, 2.75) is 72.3 Å². The summed E-state index contributed by atoms with van der Waals surface area (Å²) in [5.41, 5.74) is 0.655. The first-order valence-electron chi connectivity index (χ1n) is 8.63. The third-order valence-electron chi connectivity index (χ3n) is 7.08. The van der Waals surface area contributed by atoms with Gasteiger partial charge in [-0.25, -0.2) is 0 Å². The second-order valence-electron chi connectivity index (χ2n) is 8.47. The summed E-state index contributed by atoms with van der Waals surface area (Å²) in [6, 6.07) is 0. The highest BCUT2D eigenvalue weighted by Gasteiger charge is 2.54. The number of fused-ring (bicyclic) bond motifs is 1. The van der Waals surface area contributed by atoms with Gasteiger partial charge in [0.2, 0.25) is 0 Å². The highest BCUT2D eigenvalue weighted by atomic mass is 16.3. The van der Waals surface area contributed by atoms with Crippen LogP contribution in [-0.4, -0.2) is 16.5 Å². The van der Waals surface area contributed by atoms with Crippen molar-refractivity contribution in [2.75, 3.05) is 0 Å². The number of hydrogen-bond donors (Lipinski definition) is 1. The zero-order valence-corrected chi connectivity index (χ0v) is 14.9. The van der Waals surface area contributed by atoms with Gasteiger partial charge in [0, 0.05) is 6.42 Å². The average molecular weight is 304 g/mol. The van der Waals surface area contributed by atoms with Gasteiger partial charge in [0.05, 0.1) is 5.60 Å². The van der Waals surface area contributed by atoms with E-state index in [4.69, 9.17) is 0 Å². The summed E-state index contributed by atoms with van der Waals surface area (Å²) in [6.45, 7) is 14.7. The fourth-order valence-electron chi connectivity index (χ4n) is 4.73. The summed E-state index contributed by atoms with van der Waals surface area (Å²) < 4.78 is 0. The minimum Gasteiger partial charge on any atom is -0.386 e. The maximum atomic E-state index is 12.2. The molecule has 2 aliphatic rings. The Hall–Kier alpha value is -0.890. The lowest BCUT2D eigenvalue weighted by Crippen LogP contribution is -2.51. The van der Waals surface area contributed by atoms with Crippen LogP contribution in [0.5, 0.6) is 0 Å². The van der Waals surface area contributed by atoms with Crippen LogP contribution in [0, 0.1) is 22.7 Å². The van der Waals surface area contributed by atoms with Crippen LogP contribution in [0.3, 0.4) is 0 Å². The Kier molecular flexibility index (Phi) is 4.47. The molecule has 1 N–H and O–H groups in total. The number of rotatable bonds is 4. The Morgan fingerprint density at radius 1 is 1.50 bits per heavy atom. The molecule has 124 valence electrons. The molecule has 22 heavy (non-hydrogen) atoms. The van der Waals surface area contributed by atoms with E-state index in [0.717, 1.165) is 6.42 Å². The smallest absolute Gasteiger partial charge is 0.155 e. The number of ketones is 1. The van der Waals surface area contributed by atoms with Gasteiger partial charge in [-0.15, -0.1) is 6.58 Å². The molecule has 0 heterocycles. The molecule has 0 aromatic heterocycles. The van der Waals surface area contributed by atoms with Crippen molar-refractivity contribution < 1.29 is 9.90 Å². The Labute approximate surface area is 135 Å². The van der Waals surface area contributed by atoms with Gasteiger partial charge in [-0.05, 0) is 68.3 Å². The van der Waals surface area contributed by atoms with Gasteiger partial charge < -0.3 is 5.11 Å². The largest absolute Gasteiger partial charge is 0.386 e. The van der Waals surface area contributed by atoms with Crippen molar-refractivity contribution in [3.8, 4) is 0 Å². The van der Waals surface area contributed by atoms with Crippen molar-refractivity contribution in [3.05, 3.63) is 24.3 Å². The molecule has 2 rings (SSSR count). The molecule has 0 bridgehead atoms. The molecule has 0 aliphatic heterocycles. The lowest BCUT2D eigenvalue weighted by molar-refractivity contribution is -0.124. The fraction of sp³-hybridized carbons (Fsp3) is 0.750. The normalized spacial score (nSPS) is 41.4. The summed E-state index contributed by atoms with van der Waals surface area (Å²) in [6.07, 6.45) is 8.17. The standard InChI is InChI=1S/C20H32O2/c1-7-18(4,22)10-11-20(6)14(2)8-9-19(5)15(3)12-16(21)13-17(19)20/h7,12,14,17,22H,1,8-11,13H2,2-6H3/t14-,17-,18-,19+,20+/m1/s1. The van der Waals surface area contributed by atoms with Crippen molar-refractivity contribution in [2.24, 2.45) is 22.7 Å². The van der Waals surface area contributed by atoms with E-state index in [9.17, 15) is 9.90 Å². The Morgan fingerprint density at radius 3 is 2.73 bits per heavy atom. The van der Waals surface area contributed by atoms with Crippen molar-refractivity contribution >= 4 is 5.78 Å². The van der Waals surface area contributed by atoms with Crippen LogP contribution in [0.4, 0.5) is 0 Å². The summed E-state index contributed by atoms with van der Waals surface area (Å²) in [5.74, 6) is 1.22. The van der Waals surface area contributed by atoms with E-state index in [2.05, 4.69) is 34.3 Å². The second kappa shape index (κ2) is 5.63. The monoisotopic (exact) mass is 304 g/mol. The van der Waals surface area contributed by atoms with Crippen LogP contribution in [0.15, 0.2) is 24.3 Å². The van der Waals surface area contributed by atoms with Crippen LogP contribution in [-0.2, 0) is 4.79 Å². The maximum absolute atomic E-state index is 12.2. The van der Waals surface area contributed by atoms with Gasteiger partial charge in [0.15, 0.2) is 5.78 Å². The minimum atomic E-state index is -0.819. The average Bonchev–Trinajstić information content (AvgIpc) is 2.45. The molecular formula is C20H32O2. The van der Waals surface area contributed by atoms with Crippen molar-refractivity contribution in [1.82, 2.24) is 0 Å². The van der Waals surface area contributed by atoms with Gasteiger partial charge in [-0.1, -0.05) is 32.4 Å². The van der Waals surface area contributed by atoms with E-state index in [1.807, 2.05) is 13.0 Å². The topological polar surface area (TPSA) is 37.3 Å². The van der Waals surface area contributed by atoms with Gasteiger partial charge >= 0.3 is 0 Å². The van der Waals surface area contributed by atoms with E-state index in [-0.39, 0.29) is 16.6 Å². The Morgan fingerprint density at radius 2 is 2.14 bits per heavy atom. The first-order valence-corrected chi connectivity index (χ1v) is 8.63. The van der Waals surface area contributed by atoms with Crippen LogP contribution in [0.25, 0.3) is 0 Å². The molecule has 5 atom stereocenters. The third kappa shape index (κ3) is 2.82. The Bertz CT molecular complexity index is 502. The van der Waals surface area contributed by atoms with Gasteiger partial charge in [-0.2, -0.15) is 0 Å². The number of hydrogen-bond acceptors (Lipinski definition) is 2. The zero-order chi connectivity index (χ0) is 16.8. The van der Waals surface area contributed by atoms with E-state index in [0.29, 0.717) is 24.7 Å². The second-order valence-corrected chi connectivity index (χ2v) is 8.47. The molecule has 0 aromatic carbocycles. The van der Waals surface area contributed by atoms with Crippen LogP contribution in [0.1, 0.15) is 66.7 Å². The van der Waals surface area contributed by atoms with Gasteiger partial charge in [0.25, 0.3) is 0 Å². The lowest BCUT2D eigenvalue weighted by Gasteiger charge is -2.58. The summed E-state index contributed by atoms with van der Waals surface area (Å²) in [4.78, 5) is 12.2. The van der Waals surface area contributed by atoms with E-state index in [1.165, 1.54) is 18.4 Å². The predicted octanol–water partition coefficient (Wildman–Crippen LogP) is 4.68. The molecule has 2 nitrogen and oxygen atoms in total. The lowest BCUT2D eigenvalue weighted by atomic mass is 9.46. The molecule has 2 aliphatic carbocycles. The molecule has 0 saturated heterocycles. The number of allylic oxidation sites excluding steroid dienone is 2. The summed E-state index contributed by atoms with van der Waals surface area (Å²) >= 11 is 0. The maximum Gasteiger partial charge on any atom is 0.155 e. The molecule has 1 saturated carbocycles. The quantitative estimate of drug-likeness (QED) is 0.766. The molecular weight excluding hydrogens is 272 g/mol. The third-order valence-corrected chi connectivity index (χ3v) is 7.08. The summed E-state index contributed by atoms with van der Waals surface area (Å²) in [7, 11) is 0. The van der Waals surface area contributed by atoms with E-state index in [1.54, 1.807) is 6.08 Å². The number of carbonyl (C=O) groups is 1. The molecule has 0 spiro atoms. The molecule has 1 fully saturated rings. The minimum absolute atomic E-state index is 0.0885. The molecule has 0 unspecified atom stereocenters. The fourth-order valence-corrected chi connectivity index (χ4v) is 4.73. The SMILES string of the molecule is C=C[C@@](C)(O)CC[C@@]1(C)[C@H](C)CC[C@@]2(C)C(C)=CC(=O)C[C@@H]12. The highest BCUT2D eigenvalue weighted by molar-refractivity contribution is 5.92.